The number of nitrogens with zero attached hydrogens (tertiary/aromatic N) is 2. The molecule has 0 saturated carbocycles. The maximum atomic E-state index is 11.6. The fourth-order valence-electron chi connectivity index (χ4n) is 2.15. The van der Waals surface area contributed by atoms with Gasteiger partial charge in [-0.2, -0.15) is 0 Å². The quantitative estimate of drug-likeness (QED) is 0.617. The number of anilines is 1. The summed E-state index contributed by atoms with van der Waals surface area (Å²) >= 11 is 6.20. The van der Waals surface area contributed by atoms with E-state index in [2.05, 4.69) is 4.98 Å². The third kappa shape index (κ3) is 2.82. The molecule has 3 N–H and O–H groups in total. The maximum Gasteiger partial charge on any atom is 0.154 e. The van der Waals surface area contributed by atoms with E-state index in [0.717, 1.165) is 0 Å². The molecular weight excluding hydrogens is 288 g/mol. The number of hydrogen-bond acceptors (Lipinski definition) is 5. The van der Waals surface area contributed by atoms with Crippen LogP contribution in [-0.4, -0.2) is 43.3 Å². The molecular formula is C11H15ClN4O2S. The molecule has 2 rings (SSSR count). The molecule has 6 nitrogen and oxygen atoms in total. The van der Waals surface area contributed by atoms with Crippen molar-refractivity contribution in [3.63, 3.8) is 0 Å². The highest BCUT2D eigenvalue weighted by atomic mass is 35.5. The Morgan fingerprint density at radius 2 is 2.32 bits per heavy atom. The van der Waals surface area contributed by atoms with Crippen LogP contribution in [0.1, 0.15) is 12.5 Å². The summed E-state index contributed by atoms with van der Waals surface area (Å²) in [4.78, 5) is 6.03. The molecule has 1 aromatic rings. The van der Waals surface area contributed by atoms with Gasteiger partial charge < -0.3 is 10.6 Å². The SMILES string of the molecule is CC1CS(=O)(=O)CCN1c1nccc(C(=N)N)c1Cl. The number of nitrogen functional groups attached to an aromatic ring is 1. The third-order valence-corrected chi connectivity index (χ3v) is 5.27. The first-order valence-corrected chi connectivity index (χ1v) is 7.98. The summed E-state index contributed by atoms with van der Waals surface area (Å²) in [6.07, 6.45) is 1.52. The molecule has 1 saturated heterocycles. The van der Waals surface area contributed by atoms with Gasteiger partial charge in [0.05, 0.1) is 16.5 Å². The Labute approximate surface area is 117 Å². The normalized spacial score (nSPS) is 22.2. The van der Waals surface area contributed by atoms with Gasteiger partial charge in [0, 0.05) is 24.3 Å². The van der Waals surface area contributed by atoms with Gasteiger partial charge in [-0.25, -0.2) is 13.4 Å². The lowest BCUT2D eigenvalue weighted by molar-refractivity contribution is 0.567. The van der Waals surface area contributed by atoms with E-state index in [4.69, 9.17) is 22.7 Å². The Kier molecular flexibility index (Phi) is 3.69. The van der Waals surface area contributed by atoms with Gasteiger partial charge in [-0.3, -0.25) is 5.41 Å². The van der Waals surface area contributed by atoms with Crippen LogP contribution in [0.3, 0.4) is 0 Å². The fraction of sp³-hybridized carbons (Fsp3) is 0.455. The first kappa shape index (κ1) is 14.1. The molecule has 104 valence electrons. The second-order valence-corrected chi connectivity index (χ2v) is 7.17. The zero-order valence-corrected chi connectivity index (χ0v) is 12.0. The number of nitrogens with two attached hydrogens (primary N) is 1. The van der Waals surface area contributed by atoms with Crippen molar-refractivity contribution in [3.05, 3.63) is 22.8 Å². The predicted molar refractivity (Wildman–Crippen MR) is 75.7 cm³/mol. The lowest BCUT2D eigenvalue weighted by Crippen LogP contribution is -2.47. The second-order valence-electron chi connectivity index (χ2n) is 4.57. The van der Waals surface area contributed by atoms with Gasteiger partial charge in [-0.1, -0.05) is 11.6 Å². The van der Waals surface area contributed by atoms with E-state index < -0.39 is 9.84 Å². The maximum absolute atomic E-state index is 11.6. The average molecular weight is 303 g/mol. The molecule has 0 spiro atoms. The van der Waals surface area contributed by atoms with Gasteiger partial charge in [0.25, 0.3) is 0 Å². The molecule has 1 unspecified atom stereocenters. The van der Waals surface area contributed by atoms with Crippen molar-refractivity contribution in [1.82, 2.24) is 4.98 Å². The highest BCUT2D eigenvalue weighted by molar-refractivity contribution is 7.91. The van der Waals surface area contributed by atoms with Crippen LogP contribution in [0.15, 0.2) is 12.3 Å². The van der Waals surface area contributed by atoms with Gasteiger partial charge in [-0.05, 0) is 13.0 Å². The van der Waals surface area contributed by atoms with Crippen molar-refractivity contribution in [1.29, 1.82) is 5.41 Å². The van der Waals surface area contributed by atoms with E-state index in [1.807, 2.05) is 11.8 Å². The zero-order chi connectivity index (χ0) is 14.2. The highest BCUT2D eigenvalue weighted by Gasteiger charge is 2.30. The Bertz CT molecular complexity index is 617. The van der Waals surface area contributed by atoms with Crippen LogP contribution in [0, 0.1) is 5.41 Å². The molecule has 19 heavy (non-hydrogen) atoms. The standard InChI is InChI=1S/C11H15ClN4O2S/c1-7-6-19(17,18)5-4-16(7)11-9(12)8(10(13)14)2-3-15-11/h2-3,7H,4-6H2,1H3,(H3,13,14). The summed E-state index contributed by atoms with van der Waals surface area (Å²) in [5, 5.41) is 7.74. The minimum Gasteiger partial charge on any atom is -0.384 e. The van der Waals surface area contributed by atoms with E-state index >= 15 is 0 Å². The summed E-state index contributed by atoms with van der Waals surface area (Å²) in [5.41, 5.74) is 5.86. The number of nitrogens with one attached hydrogen (secondary N) is 1. The van der Waals surface area contributed by atoms with Crippen molar-refractivity contribution in [2.75, 3.05) is 23.0 Å². The molecule has 1 aliphatic heterocycles. The molecule has 0 aliphatic carbocycles. The summed E-state index contributed by atoms with van der Waals surface area (Å²) < 4.78 is 23.1. The number of hydrogen-bond donors (Lipinski definition) is 2. The first-order chi connectivity index (χ1) is 8.82. The smallest absolute Gasteiger partial charge is 0.154 e. The molecule has 0 bridgehead atoms. The van der Waals surface area contributed by atoms with E-state index in [1.165, 1.54) is 6.20 Å². The first-order valence-electron chi connectivity index (χ1n) is 5.78. The van der Waals surface area contributed by atoms with Gasteiger partial charge in [-0.15, -0.1) is 0 Å². The van der Waals surface area contributed by atoms with Crippen molar-refractivity contribution < 1.29 is 8.42 Å². The van der Waals surface area contributed by atoms with Crippen molar-refractivity contribution >= 4 is 33.1 Å². The number of aromatic nitrogens is 1. The number of pyridine rings is 1. The number of amidine groups is 1. The van der Waals surface area contributed by atoms with Crippen LogP contribution < -0.4 is 10.6 Å². The van der Waals surface area contributed by atoms with Gasteiger partial charge in [0.2, 0.25) is 0 Å². The highest BCUT2D eigenvalue weighted by Crippen LogP contribution is 2.29. The van der Waals surface area contributed by atoms with Gasteiger partial charge in [0.1, 0.15) is 11.7 Å². The zero-order valence-electron chi connectivity index (χ0n) is 10.4. The summed E-state index contributed by atoms with van der Waals surface area (Å²) in [6, 6.07) is 1.37. The van der Waals surface area contributed by atoms with E-state index in [9.17, 15) is 8.42 Å². The topological polar surface area (TPSA) is 100 Å². The molecule has 1 aliphatic rings. The number of halogens is 1. The summed E-state index contributed by atoms with van der Waals surface area (Å²) in [6.45, 7) is 2.16. The van der Waals surface area contributed by atoms with E-state index in [-0.39, 0.29) is 23.4 Å². The molecule has 0 amide bonds. The Balaban J connectivity index is 2.38. The summed E-state index contributed by atoms with van der Waals surface area (Å²) in [5.74, 6) is 0.511. The second kappa shape index (κ2) is 4.97. The van der Waals surface area contributed by atoms with E-state index in [1.54, 1.807) is 6.07 Å². The summed E-state index contributed by atoms with van der Waals surface area (Å²) in [7, 11) is -2.99. The lowest BCUT2D eigenvalue weighted by Gasteiger charge is -2.34. The minimum absolute atomic E-state index is 0.0787. The monoisotopic (exact) mass is 302 g/mol. The van der Waals surface area contributed by atoms with Crippen molar-refractivity contribution in [2.24, 2.45) is 5.73 Å². The van der Waals surface area contributed by atoms with Crippen LogP contribution in [0.25, 0.3) is 0 Å². The molecule has 1 atom stereocenters. The number of sulfone groups is 1. The largest absolute Gasteiger partial charge is 0.384 e. The van der Waals surface area contributed by atoms with Gasteiger partial charge in [0.15, 0.2) is 9.84 Å². The average Bonchev–Trinajstić information content (AvgIpc) is 2.29. The molecule has 2 heterocycles. The Morgan fingerprint density at radius 3 is 2.89 bits per heavy atom. The Hall–Kier alpha value is -1.34. The van der Waals surface area contributed by atoms with Crippen LogP contribution in [0.5, 0.6) is 0 Å². The van der Waals surface area contributed by atoms with Crippen LogP contribution in [-0.2, 0) is 9.84 Å². The molecule has 0 radical (unpaired) electrons. The third-order valence-electron chi connectivity index (χ3n) is 3.10. The lowest BCUT2D eigenvalue weighted by atomic mass is 10.2. The molecule has 1 fully saturated rings. The molecule has 8 heteroatoms. The minimum atomic E-state index is -2.99. The van der Waals surface area contributed by atoms with Crippen LogP contribution >= 0.6 is 11.6 Å². The number of rotatable bonds is 2. The predicted octanol–water partition coefficient (Wildman–Crippen LogP) is 0.642. The molecule has 1 aromatic heterocycles. The molecule has 0 aromatic carbocycles. The van der Waals surface area contributed by atoms with Gasteiger partial charge >= 0.3 is 0 Å². The van der Waals surface area contributed by atoms with Crippen molar-refractivity contribution in [3.8, 4) is 0 Å². The van der Waals surface area contributed by atoms with Crippen molar-refractivity contribution in [2.45, 2.75) is 13.0 Å². The fourth-order valence-corrected chi connectivity index (χ4v) is 4.03. The van der Waals surface area contributed by atoms with Crippen LogP contribution in [0.2, 0.25) is 5.02 Å². The van der Waals surface area contributed by atoms with Crippen LogP contribution in [0.4, 0.5) is 5.82 Å². The van der Waals surface area contributed by atoms with E-state index in [0.29, 0.717) is 22.9 Å². The Morgan fingerprint density at radius 1 is 1.63 bits per heavy atom.